The van der Waals surface area contributed by atoms with Crippen molar-refractivity contribution in [3.63, 3.8) is 0 Å². The number of carbonyl (C=O) groups is 1. The van der Waals surface area contributed by atoms with E-state index in [4.69, 9.17) is 0 Å². The molecule has 1 aromatic carbocycles. The van der Waals surface area contributed by atoms with E-state index >= 15 is 0 Å². The Kier molecular flexibility index (Phi) is 4.99. The summed E-state index contributed by atoms with van der Waals surface area (Å²) in [5.41, 5.74) is 2.79. The Hall–Kier alpha value is -0.830. The number of alkyl halides is 1. The number of carbonyl (C=O) groups excluding carboxylic acids is 1. The van der Waals surface area contributed by atoms with E-state index in [1.165, 1.54) is 30.4 Å². The molecule has 3 heteroatoms. The second kappa shape index (κ2) is 6.95. The van der Waals surface area contributed by atoms with Crippen molar-refractivity contribution in [2.75, 3.05) is 5.33 Å². The summed E-state index contributed by atoms with van der Waals surface area (Å²) in [5, 5.41) is 4.36. The topological polar surface area (TPSA) is 29.1 Å². The lowest BCUT2D eigenvalue weighted by atomic mass is 9.82. The maximum absolute atomic E-state index is 12.6. The molecule has 2 aliphatic rings. The number of hydrogen-bond acceptors (Lipinski definition) is 1. The van der Waals surface area contributed by atoms with Gasteiger partial charge in [0.25, 0.3) is 0 Å². The molecule has 1 aromatic rings. The van der Waals surface area contributed by atoms with Gasteiger partial charge in [0.15, 0.2) is 0 Å². The summed E-state index contributed by atoms with van der Waals surface area (Å²) in [5.74, 6) is 1.05. The van der Waals surface area contributed by atoms with Crippen LogP contribution >= 0.6 is 15.9 Å². The third-order valence-electron chi connectivity index (χ3n) is 5.15. The van der Waals surface area contributed by atoms with Gasteiger partial charge in [-0.3, -0.25) is 4.79 Å². The standard InChI is InChI=1S/C18H24BrNO/c19-12-16-7-3-4-8-17(16)20-18(21)15-10-9-13-5-1-2-6-14(13)11-15/h1-2,5-6,15-17H,3-4,7-12H2,(H,20,21). The molecule has 0 spiro atoms. The minimum atomic E-state index is 0.165. The van der Waals surface area contributed by atoms with Gasteiger partial charge in [0.1, 0.15) is 0 Å². The molecule has 114 valence electrons. The molecule has 0 aliphatic heterocycles. The molecule has 3 unspecified atom stereocenters. The number of rotatable bonds is 3. The lowest BCUT2D eigenvalue weighted by Crippen LogP contribution is -2.46. The van der Waals surface area contributed by atoms with Crippen molar-refractivity contribution in [3.8, 4) is 0 Å². The number of hydrogen-bond donors (Lipinski definition) is 1. The van der Waals surface area contributed by atoms with Crippen molar-refractivity contribution in [2.45, 2.75) is 51.0 Å². The predicted octanol–water partition coefficient (Wildman–Crippen LogP) is 3.86. The zero-order chi connectivity index (χ0) is 14.7. The largest absolute Gasteiger partial charge is 0.353 e. The molecule has 3 atom stereocenters. The van der Waals surface area contributed by atoms with Gasteiger partial charge in [0.05, 0.1) is 0 Å². The van der Waals surface area contributed by atoms with Crippen molar-refractivity contribution >= 4 is 21.8 Å². The molecule has 0 radical (unpaired) electrons. The smallest absolute Gasteiger partial charge is 0.223 e. The van der Waals surface area contributed by atoms with Crippen molar-refractivity contribution < 1.29 is 4.79 Å². The van der Waals surface area contributed by atoms with E-state index in [1.54, 1.807) is 0 Å². The van der Waals surface area contributed by atoms with E-state index in [1.807, 2.05) is 0 Å². The number of fused-ring (bicyclic) bond motifs is 1. The quantitative estimate of drug-likeness (QED) is 0.824. The van der Waals surface area contributed by atoms with Crippen molar-refractivity contribution in [3.05, 3.63) is 35.4 Å². The van der Waals surface area contributed by atoms with Gasteiger partial charge < -0.3 is 5.32 Å². The number of aryl methyl sites for hydroxylation is 1. The Balaban J connectivity index is 1.61. The molecule has 0 bridgehead atoms. The first-order valence-electron chi connectivity index (χ1n) is 8.21. The summed E-state index contributed by atoms with van der Waals surface area (Å²) in [7, 11) is 0. The first-order chi connectivity index (χ1) is 10.3. The van der Waals surface area contributed by atoms with Crippen molar-refractivity contribution in [2.24, 2.45) is 11.8 Å². The molecule has 21 heavy (non-hydrogen) atoms. The van der Waals surface area contributed by atoms with Crippen LogP contribution in [0.3, 0.4) is 0 Å². The zero-order valence-electron chi connectivity index (χ0n) is 12.5. The maximum atomic E-state index is 12.6. The summed E-state index contributed by atoms with van der Waals surface area (Å²) in [6.45, 7) is 0. The van der Waals surface area contributed by atoms with Crippen LogP contribution in [0.4, 0.5) is 0 Å². The van der Waals surface area contributed by atoms with Crippen molar-refractivity contribution in [1.29, 1.82) is 0 Å². The van der Waals surface area contributed by atoms with E-state index in [0.29, 0.717) is 12.0 Å². The molecular formula is C18H24BrNO. The Labute approximate surface area is 135 Å². The molecule has 1 amide bonds. The summed E-state index contributed by atoms with van der Waals surface area (Å²) in [6.07, 6.45) is 7.89. The van der Waals surface area contributed by atoms with Crippen LogP contribution in [0.2, 0.25) is 0 Å². The molecule has 0 aromatic heterocycles. The van der Waals surface area contributed by atoms with Crippen molar-refractivity contribution in [1.82, 2.24) is 5.32 Å². The van der Waals surface area contributed by atoms with E-state index in [-0.39, 0.29) is 11.8 Å². The van der Waals surface area contributed by atoms with Gasteiger partial charge in [-0.05, 0) is 49.1 Å². The van der Waals surface area contributed by atoms with Gasteiger partial charge in [-0.1, -0.05) is 53.0 Å². The van der Waals surface area contributed by atoms with Crippen LogP contribution in [0.1, 0.15) is 43.2 Å². The zero-order valence-corrected chi connectivity index (χ0v) is 14.1. The fourth-order valence-electron chi connectivity index (χ4n) is 3.80. The Bertz CT molecular complexity index is 502. The second-order valence-electron chi connectivity index (χ2n) is 6.52. The predicted molar refractivity (Wildman–Crippen MR) is 89.6 cm³/mol. The second-order valence-corrected chi connectivity index (χ2v) is 7.17. The normalized spacial score (nSPS) is 28.7. The molecule has 0 heterocycles. The average molecular weight is 350 g/mol. The van der Waals surface area contributed by atoms with Crippen LogP contribution in [0.5, 0.6) is 0 Å². The third-order valence-corrected chi connectivity index (χ3v) is 5.98. The van der Waals surface area contributed by atoms with Crippen LogP contribution < -0.4 is 5.32 Å². The highest BCUT2D eigenvalue weighted by atomic mass is 79.9. The van der Waals surface area contributed by atoms with Crippen LogP contribution in [-0.2, 0) is 17.6 Å². The van der Waals surface area contributed by atoms with Gasteiger partial charge in [0.2, 0.25) is 5.91 Å². The van der Waals surface area contributed by atoms with Gasteiger partial charge >= 0.3 is 0 Å². The Morgan fingerprint density at radius 2 is 1.90 bits per heavy atom. The lowest BCUT2D eigenvalue weighted by molar-refractivity contribution is -0.126. The van der Waals surface area contributed by atoms with Crippen LogP contribution in [0.25, 0.3) is 0 Å². The van der Waals surface area contributed by atoms with Gasteiger partial charge in [-0.15, -0.1) is 0 Å². The highest BCUT2D eigenvalue weighted by Crippen LogP contribution is 2.28. The van der Waals surface area contributed by atoms with Gasteiger partial charge in [0, 0.05) is 17.3 Å². The number of nitrogens with one attached hydrogen (secondary N) is 1. The highest BCUT2D eigenvalue weighted by Gasteiger charge is 2.30. The minimum absolute atomic E-state index is 0.165. The molecule has 1 saturated carbocycles. The fourth-order valence-corrected chi connectivity index (χ4v) is 4.58. The molecule has 0 saturated heterocycles. The first kappa shape index (κ1) is 15.1. The van der Waals surface area contributed by atoms with Crippen LogP contribution in [-0.4, -0.2) is 17.3 Å². The van der Waals surface area contributed by atoms with E-state index in [9.17, 15) is 4.79 Å². The van der Waals surface area contributed by atoms with E-state index in [2.05, 4.69) is 45.5 Å². The van der Waals surface area contributed by atoms with Gasteiger partial charge in [-0.25, -0.2) is 0 Å². The Morgan fingerprint density at radius 3 is 2.71 bits per heavy atom. The lowest BCUT2D eigenvalue weighted by Gasteiger charge is -2.33. The molecule has 1 fully saturated rings. The summed E-state index contributed by atoms with van der Waals surface area (Å²) < 4.78 is 0. The molecule has 3 rings (SSSR count). The van der Waals surface area contributed by atoms with Crippen LogP contribution in [0, 0.1) is 11.8 Å². The van der Waals surface area contributed by atoms with E-state index in [0.717, 1.165) is 31.0 Å². The SMILES string of the molecule is O=C(NC1CCCCC1CBr)C1CCc2ccccc2C1. The highest BCUT2D eigenvalue weighted by molar-refractivity contribution is 9.09. The maximum Gasteiger partial charge on any atom is 0.223 e. The molecule has 2 nitrogen and oxygen atoms in total. The third kappa shape index (κ3) is 3.50. The molecule has 1 N–H and O–H groups in total. The summed E-state index contributed by atoms with van der Waals surface area (Å²) in [4.78, 5) is 12.6. The number of benzene rings is 1. The monoisotopic (exact) mass is 349 g/mol. The Morgan fingerprint density at radius 1 is 1.14 bits per heavy atom. The average Bonchev–Trinajstić information content (AvgIpc) is 2.55. The minimum Gasteiger partial charge on any atom is -0.353 e. The van der Waals surface area contributed by atoms with Crippen LogP contribution in [0.15, 0.2) is 24.3 Å². The fraction of sp³-hybridized carbons (Fsp3) is 0.611. The number of halogens is 1. The van der Waals surface area contributed by atoms with Gasteiger partial charge in [-0.2, -0.15) is 0 Å². The molecular weight excluding hydrogens is 326 g/mol. The summed E-state index contributed by atoms with van der Waals surface area (Å²) in [6, 6.07) is 8.94. The molecule has 2 aliphatic carbocycles. The van der Waals surface area contributed by atoms with E-state index < -0.39 is 0 Å². The summed E-state index contributed by atoms with van der Waals surface area (Å²) >= 11 is 3.61. The first-order valence-corrected chi connectivity index (χ1v) is 9.33. The number of amides is 1.